The molecule has 0 saturated carbocycles. The highest BCUT2D eigenvalue weighted by Gasteiger charge is 2.37. The zero-order valence-corrected chi connectivity index (χ0v) is 14.6. The largest absolute Gasteiger partial charge is 0.514 e. The Morgan fingerprint density at radius 1 is 1.28 bits per heavy atom. The number of carbonyl (C=O) groups is 1. The number of anilines is 1. The molecule has 0 spiro atoms. The van der Waals surface area contributed by atoms with Gasteiger partial charge in [-0.1, -0.05) is 6.07 Å². The molecule has 2 N–H and O–H groups in total. The van der Waals surface area contributed by atoms with Crippen molar-refractivity contribution in [3.05, 3.63) is 30.1 Å². The number of fused-ring (bicyclic) bond motifs is 1. The molecule has 2 aromatic carbocycles. The normalized spacial score (nSPS) is 16.8. The van der Waals surface area contributed by atoms with E-state index in [1.54, 1.807) is 16.9 Å². The molecule has 0 bridgehead atoms. The first-order valence-corrected chi connectivity index (χ1v) is 8.89. The molecule has 25 heavy (non-hydrogen) atoms. The number of ether oxygens (including phenoxy) is 1. The van der Waals surface area contributed by atoms with Gasteiger partial charge in [-0.05, 0) is 23.6 Å². The van der Waals surface area contributed by atoms with Crippen LogP contribution in [0.2, 0.25) is 0 Å². The van der Waals surface area contributed by atoms with Crippen LogP contribution in [0.5, 0.6) is 11.5 Å². The Labute approximate surface area is 146 Å². The van der Waals surface area contributed by atoms with Gasteiger partial charge in [-0.25, -0.2) is 13.4 Å². The van der Waals surface area contributed by atoms with E-state index in [0.29, 0.717) is 15.4 Å². The van der Waals surface area contributed by atoms with Crippen LogP contribution in [0.1, 0.15) is 0 Å². The number of amides is 1. The van der Waals surface area contributed by atoms with Gasteiger partial charge in [0.25, 0.3) is 5.91 Å². The monoisotopic (exact) mass is 362 g/mol. The highest BCUT2D eigenvalue weighted by atomic mass is 32.2. The zero-order valence-electron chi connectivity index (χ0n) is 13.8. The first kappa shape index (κ1) is 17.5. The van der Waals surface area contributed by atoms with Crippen LogP contribution >= 0.6 is 0 Å². The molecule has 7 nitrogen and oxygen atoms in total. The molecule has 12 heteroatoms. The summed E-state index contributed by atoms with van der Waals surface area (Å²) in [6.45, 7) is -0.601. The number of nitrogens with zero attached hydrogens (tertiary/aromatic N) is 1. The predicted octanol–water partition coefficient (Wildman–Crippen LogP) is -2.25. The first-order chi connectivity index (χ1) is 11.5. The van der Waals surface area contributed by atoms with E-state index in [1.165, 1.54) is 12.1 Å². The van der Waals surface area contributed by atoms with Crippen LogP contribution in [-0.2, 0) is 15.0 Å². The summed E-state index contributed by atoms with van der Waals surface area (Å²) in [4.78, 5) is 11.4. The van der Waals surface area contributed by atoms with Gasteiger partial charge in [0, 0.05) is 10.7 Å². The SMILES string of the molecule is BC(B)(B)Oc1ccc2cc(O)c(N3CC(=O)NS3(=O)=O)c(F)c2c1. The van der Waals surface area contributed by atoms with E-state index in [9.17, 15) is 18.3 Å². The maximum absolute atomic E-state index is 15.0. The standard InChI is InChI=1S/C13H14B3FN2O5S/c14-13(15,16)24-7-2-1-6-3-9(20)12(11(17)8(6)4-7)19-5-10(21)18-25(19,22)23/h1-4,20H,5,14-16H2,(H,18,21). The Morgan fingerprint density at radius 3 is 2.52 bits per heavy atom. The highest BCUT2D eigenvalue weighted by molar-refractivity contribution is 7.92. The summed E-state index contributed by atoms with van der Waals surface area (Å²) >= 11 is 0. The molecule has 1 aliphatic heterocycles. The number of benzene rings is 2. The second-order valence-corrected chi connectivity index (χ2v) is 8.29. The van der Waals surface area contributed by atoms with E-state index in [1.807, 2.05) is 23.5 Å². The van der Waals surface area contributed by atoms with Gasteiger partial charge >= 0.3 is 10.2 Å². The van der Waals surface area contributed by atoms with Gasteiger partial charge in [-0.15, -0.1) is 0 Å². The lowest BCUT2D eigenvalue weighted by atomic mass is 9.52. The Hall–Kier alpha value is -2.36. The topological polar surface area (TPSA) is 95.9 Å². The number of halogens is 1. The number of hydrogen-bond donors (Lipinski definition) is 2. The number of hydrogen-bond acceptors (Lipinski definition) is 5. The molecular weight excluding hydrogens is 348 g/mol. The Morgan fingerprint density at radius 2 is 1.96 bits per heavy atom. The minimum Gasteiger partial charge on any atom is -0.514 e. The maximum atomic E-state index is 15.0. The summed E-state index contributed by atoms with van der Waals surface area (Å²) in [5.41, 5.74) is -0.571. The molecule has 0 radical (unpaired) electrons. The van der Waals surface area contributed by atoms with Crippen molar-refractivity contribution in [2.75, 3.05) is 10.8 Å². The molecule has 1 saturated heterocycles. The van der Waals surface area contributed by atoms with Crippen molar-refractivity contribution in [3.63, 3.8) is 0 Å². The summed E-state index contributed by atoms with van der Waals surface area (Å²) in [6.07, 6.45) is 0. The van der Waals surface area contributed by atoms with Crippen molar-refractivity contribution in [2.24, 2.45) is 0 Å². The van der Waals surface area contributed by atoms with Gasteiger partial charge in [0.2, 0.25) is 0 Å². The van der Waals surface area contributed by atoms with Crippen molar-refractivity contribution < 1.29 is 27.4 Å². The fraction of sp³-hybridized carbons (Fsp3) is 0.154. The minimum absolute atomic E-state index is 0.0732. The van der Waals surface area contributed by atoms with Gasteiger partial charge in [0.1, 0.15) is 47.3 Å². The molecule has 0 aliphatic carbocycles. The number of rotatable bonds is 3. The minimum atomic E-state index is -4.24. The van der Waals surface area contributed by atoms with Crippen LogP contribution in [-0.4, -0.2) is 54.8 Å². The Kier molecular flexibility index (Phi) is 3.90. The van der Waals surface area contributed by atoms with Crippen LogP contribution < -0.4 is 13.8 Å². The summed E-state index contributed by atoms with van der Waals surface area (Å²) < 4.78 is 46.9. The third-order valence-electron chi connectivity index (χ3n) is 3.50. The molecule has 2 aromatic rings. The Bertz CT molecular complexity index is 993. The van der Waals surface area contributed by atoms with Crippen LogP contribution in [0.15, 0.2) is 24.3 Å². The van der Waals surface area contributed by atoms with Crippen molar-refractivity contribution in [3.8, 4) is 11.5 Å². The number of aromatic hydroxyl groups is 1. The number of nitrogens with one attached hydrogen (secondary N) is 1. The van der Waals surface area contributed by atoms with Crippen molar-refractivity contribution in [1.29, 1.82) is 0 Å². The summed E-state index contributed by atoms with van der Waals surface area (Å²) in [7, 11) is 1.27. The fourth-order valence-electron chi connectivity index (χ4n) is 2.61. The average molecular weight is 362 g/mol. The van der Waals surface area contributed by atoms with Gasteiger partial charge in [-0.2, -0.15) is 8.42 Å². The van der Waals surface area contributed by atoms with Crippen molar-refractivity contribution in [1.82, 2.24) is 4.72 Å². The number of phenolic OH excluding ortho intramolecular Hbond substituents is 1. The second kappa shape index (κ2) is 5.58. The molecule has 3 rings (SSSR count). The lowest BCUT2D eigenvalue weighted by Gasteiger charge is -2.23. The van der Waals surface area contributed by atoms with Crippen LogP contribution in [0.3, 0.4) is 0 Å². The molecule has 128 valence electrons. The molecule has 0 unspecified atom stereocenters. The summed E-state index contributed by atoms with van der Waals surface area (Å²) in [5.74, 6) is -1.93. The predicted molar refractivity (Wildman–Crippen MR) is 99.0 cm³/mol. The van der Waals surface area contributed by atoms with E-state index in [0.717, 1.165) is 0 Å². The van der Waals surface area contributed by atoms with Crippen LogP contribution in [0.25, 0.3) is 10.8 Å². The van der Waals surface area contributed by atoms with Gasteiger partial charge in [0.15, 0.2) is 5.82 Å². The summed E-state index contributed by atoms with van der Waals surface area (Å²) in [6, 6.07) is 5.86. The molecule has 1 aliphatic rings. The fourth-order valence-corrected chi connectivity index (χ4v) is 3.77. The lowest BCUT2D eigenvalue weighted by molar-refractivity contribution is -0.117. The van der Waals surface area contributed by atoms with E-state index in [4.69, 9.17) is 4.74 Å². The molecule has 0 atom stereocenters. The molecule has 1 fully saturated rings. The summed E-state index contributed by atoms with van der Waals surface area (Å²) in [5, 5.41) is 10.1. The van der Waals surface area contributed by atoms with E-state index < -0.39 is 45.2 Å². The Balaban J connectivity index is 2.19. The second-order valence-electron chi connectivity index (χ2n) is 6.69. The van der Waals surface area contributed by atoms with Crippen molar-refractivity contribution >= 4 is 56.1 Å². The third-order valence-corrected chi connectivity index (χ3v) is 4.88. The maximum Gasteiger partial charge on any atom is 0.326 e. The lowest BCUT2D eigenvalue weighted by Crippen LogP contribution is -2.37. The molecule has 1 amide bonds. The molecular formula is C13H14B3FN2O5S. The van der Waals surface area contributed by atoms with E-state index >= 15 is 4.39 Å². The molecule has 0 aromatic heterocycles. The third kappa shape index (κ3) is 3.26. The quantitative estimate of drug-likeness (QED) is 0.602. The number of carbonyl (C=O) groups excluding carboxylic acids is 1. The van der Waals surface area contributed by atoms with E-state index in [2.05, 4.69) is 0 Å². The van der Waals surface area contributed by atoms with Gasteiger partial charge < -0.3 is 9.84 Å². The highest BCUT2D eigenvalue weighted by Crippen LogP contribution is 2.39. The van der Waals surface area contributed by atoms with Gasteiger partial charge in [-0.3, -0.25) is 4.79 Å². The van der Waals surface area contributed by atoms with Crippen LogP contribution in [0.4, 0.5) is 10.1 Å². The van der Waals surface area contributed by atoms with E-state index in [-0.39, 0.29) is 5.39 Å². The molecule has 1 heterocycles. The number of phenols is 1. The van der Waals surface area contributed by atoms with Crippen molar-refractivity contribution in [2.45, 2.75) is 5.30 Å². The first-order valence-electron chi connectivity index (χ1n) is 7.45. The average Bonchev–Trinajstić information content (AvgIpc) is 2.71. The zero-order chi connectivity index (χ0) is 18.6. The van der Waals surface area contributed by atoms with Crippen LogP contribution in [0, 0.1) is 5.82 Å². The van der Waals surface area contributed by atoms with Gasteiger partial charge in [0.05, 0.1) is 0 Å². The smallest absolute Gasteiger partial charge is 0.326 e.